The van der Waals surface area contributed by atoms with Crippen molar-refractivity contribution >= 4 is 11.6 Å². The molecule has 1 aromatic heterocycles. The molecule has 1 heterocycles. The molecule has 0 unspecified atom stereocenters. The number of rotatable bonds is 2. The molecular formula is C11H4ClF4NO. The Balaban J connectivity index is 2.40. The van der Waals surface area contributed by atoms with Crippen molar-refractivity contribution in [3.05, 3.63) is 52.7 Å². The normalized spacial score (nSPS) is 10.5. The Morgan fingerprint density at radius 1 is 1.06 bits per heavy atom. The van der Waals surface area contributed by atoms with Gasteiger partial charge in [-0.25, -0.2) is 13.2 Å². The molecular weight excluding hydrogens is 274 g/mol. The Bertz CT molecular complexity index is 606. The van der Waals surface area contributed by atoms with Gasteiger partial charge in [-0.1, -0.05) is 17.7 Å². The molecule has 0 spiro atoms. The van der Waals surface area contributed by atoms with Crippen LogP contribution in [0.3, 0.4) is 0 Å². The van der Waals surface area contributed by atoms with Crippen LogP contribution in [0, 0.1) is 23.4 Å². The van der Waals surface area contributed by atoms with E-state index in [-0.39, 0.29) is 11.1 Å². The van der Waals surface area contributed by atoms with Gasteiger partial charge in [0.1, 0.15) is 0 Å². The maximum absolute atomic E-state index is 13.4. The average molecular weight is 278 g/mol. The van der Waals surface area contributed by atoms with Crippen LogP contribution in [0.15, 0.2) is 24.3 Å². The van der Waals surface area contributed by atoms with Crippen molar-refractivity contribution in [2.24, 2.45) is 0 Å². The zero-order valence-corrected chi connectivity index (χ0v) is 9.31. The molecule has 0 aliphatic heterocycles. The van der Waals surface area contributed by atoms with E-state index in [9.17, 15) is 17.6 Å². The highest BCUT2D eigenvalue weighted by molar-refractivity contribution is 6.30. The second-order valence-corrected chi connectivity index (χ2v) is 3.61. The number of aromatic nitrogens is 1. The smallest absolute Gasteiger partial charge is 0.258 e. The van der Waals surface area contributed by atoms with Crippen LogP contribution in [0.1, 0.15) is 0 Å². The molecule has 0 saturated heterocycles. The lowest BCUT2D eigenvalue weighted by Gasteiger charge is -2.07. The molecule has 2 aromatic rings. The first-order valence-electron chi connectivity index (χ1n) is 4.62. The lowest BCUT2D eigenvalue weighted by Crippen LogP contribution is -1.99. The third-order valence-electron chi connectivity index (χ3n) is 1.98. The molecule has 94 valence electrons. The Morgan fingerprint density at radius 3 is 2.50 bits per heavy atom. The summed E-state index contributed by atoms with van der Waals surface area (Å²) in [5, 5.41) is -0.254. The minimum Gasteiger partial charge on any atom is -0.433 e. The number of pyridine rings is 1. The van der Waals surface area contributed by atoms with E-state index in [0.717, 1.165) is 6.07 Å². The summed E-state index contributed by atoms with van der Waals surface area (Å²) in [5.74, 6) is -6.55. The second-order valence-electron chi connectivity index (χ2n) is 3.20. The molecule has 1 aromatic carbocycles. The predicted octanol–water partition coefficient (Wildman–Crippen LogP) is 4.08. The van der Waals surface area contributed by atoms with Crippen molar-refractivity contribution in [2.75, 3.05) is 0 Å². The monoisotopic (exact) mass is 277 g/mol. The van der Waals surface area contributed by atoms with Crippen molar-refractivity contribution in [1.29, 1.82) is 0 Å². The molecule has 0 atom stereocenters. The lowest BCUT2D eigenvalue weighted by atomic mass is 10.3. The van der Waals surface area contributed by atoms with Crippen molar-refractivity contribution < 1.29 is 22.3 Å². The number of nitrogens with zero attached hydrogens (tertiary/aromatic N) is 1. The minimum atomic E-state index is -1.55. The van der Waals surface area contributed by atoms with Gasteiger partial charge in [0, 0.05) is 6.07 Å². The van der Waals surface area contributed by atoms with Crippen LogP contribution in [0.2, 0.25) is 5.02 Å². The van der Waals surface area contributed by atoms with Crippen LogP contribution in [0.25, 0.3) is 0 Å². The first-order chi connectivity index (χ1) is 8.49. The highest BCUT2D eigenvalue weighted by atomic mass is 35.5. The molecule has 0 bridgehead atoms. The van der Waals surface area contributed by atoms with E-state index in [1.165, 1.54) is 12.1 Å². The van der Waals surface area contributed by atoms with Crippen molar-refractivity contribution in [2.45, 2.75) is 0 Å². The quantitative estimate of drug-likeness (QED) is 0.609. The number of hydrogen-bond donors (Lipinski definition) is 0. The summed E-state index contributed by atoms with van der Waals surface area (Å²) in [7, 11) is 0. The summed E-state index contributed by atoms with van der Waals surface area (Å²) >= 11 is 5.47. The Kier molecular flexibility index (Phi) is 3.38. The first kappa shape index (κ1) is 12.6. The fourth-order valence-electron chi connectivity index (χ4n) is 1.17. The number of ether oxygens (including phenoxy) is 1. The summed E-state index contributed by atoms with van der Waals surface area (Å²) in [6.45, 7) is 0. The molecule has 18 heavy (non-hydrogen) atoms. The standard InChI is InChI=1S/C11H4ClF4NO/c12-5-2-1-3-8(9(5)15)18-11-7(14)4-6(13)10(16)17-11/h1-4H. The fourth-order valence-corrected chi connectivity index (χ4v) is 1.33. The topological polar surface area (TPSA) is 22.1 Å². The molecule has 2 nitrogen and oxygen atoms in total. The zero-order valence-electron chi connectivity index (χ0n) is 8.55. The third-order valence-corrected chi connectivity index (χ3v) is 2.27. The predicted molar refractivity (Wildman–Crippen MR) is 55.6 cm³/mol. The van der Waals surface area contributed by atoms with Crippen LogP contribution in [-0.2, 0) is 0 Å². The van der Waals surface area contributed by atoms with Gasteiger partial charge in [0.15, 0.2) is 23.2 Å². The molecule has 0 fully saturated rings. The van der Waals surface area contributed by atoms with Gasteiger partial charge in [0.2, 0.25) is 0 Å². The summed E-state index contributed by atoms with van der Waals surface area (Å²) in [6, 6.07) is 3.99. The lowest BCUT2D eigenvalue weighted by molar-refractivity contribution is 0.372. The van der Waals surface area contributed by atoms with Crippen molar-refractivity contribution in [1.82, 2.24) is 4.98 Å². The van der Waals surface area contributed by atoms with Crippen LogP contribution < -0.4 is 4.74 Å². The molecule has 2 rings (SSSR count). The highest BCUT2D eigenvalue weighted by Gasteiger charge is 2.16. The van der Waals surface area contributed by atoms with Crippen LogP contribution in [0.5, 0.6) is 11.6 Å². The van der Waals surface area contributed by atoms with E-state index in [1.807, 2.05) is 0 Å². The van der Waals surface area contributed by atoms with Gasteiger partial charge in [-0.3, -0.25) is 0 Å². The van der Waals surface area contributed by atoms with Crippen LogP contribution in [-0.4, -0.2) is 4.98 Å². The molecule has 0 amide bonds. The van der Waals surface area contributed by atoms with Gasteiger partial charge < -0.3 is 4.74 Å². The fraction of sp³-hybridized carbons (Fsp3) is 0. The number of benzene rings is 1. The van der Waals surface area contributed by atoms with Crippen molar-refractivity contribution in [3.63, 3.8) is 0 Å². The van der Waals surface area contributed by atoms with E-state index in [2.05, 4.69) is 4.98 Å². The molecule has 7 heteroatoms. The largest absolute Gasteiger partial charge is 0.433 e. The average Bonchev–Trinajstić information content (AvgIpc) is 2.32. The second kappa shape index (κ2) is 4.81. The van der Waals surface area contributed by atoms with Gasteiger partial charge in [0.05, 0.1) is 5.02 Å². The summed E-state index contributed by atoms with van der Waals surface area (Å²) in [5.41, 5.74) is 0. The van der Waals surface area contributed by atoms with Crippen LogP contribution >= 0.6 is 11.6 Å². The van der Waals surface area contributed by atoms with E-state index in [4.69, 9.17) is 16.3 Å². The van der Waals surface area contributed by atoms with E-state index in [1.54, 1.807) is 0 Å². The minimum absolute atomic E-state index is 0.250. The number of halogens is 5. The molecule has 0 radical (unpaired) electrons. The SMILES string of the molecule is Fc1cc(F)c(Oc2cccc(Cl)c2F)nc1F. The van der Waals surface area contributed by atoms with Gasteiger partial charge in [-0.15, -0.1) is 0 Å². The summed E-state index contributed by atoms with van der Waals surface area (Å²) < 4.78 is 56.7. The third kappa shape index (κ3) is 2.38. The first-order valence-corrected chi connectivity index (χ1v) is 5.00. The Labute approximate surface area is 104 Å². The molecule has 0 saturated carbocycles. The molecule has 0 N–H and O–H groups in total. The maximum atomic E-state index is 13.4. The van der Waals surface area contributed by atoms with Gasteiger partial charge in [0.25, 0.3) is 11.8 Å². The maximum Gasteiger partial charge on any atom is 0.258 e. The Hall–Kier alpha value is -1.82. The van der Waals surface area contributed by atoms with Crippen molar-refractivity contribution in [3.8, 4) is 11.6 Å². The summed E-state index contributed by atoms with van der Waals surface area (Å²) in [4.78, 5) is 2.89. The zero-order chi connectivity index (χ0) is 13.3. The van der Waals surface area contributed by atoms with E-state index in [0.29, 0.717) is 0 Å². The van der Waals surface area contributed by atoms with Gasteiger partial charge in [-0.2, -0.15) is 9.37 Å². The van der Waals surface area contributed by atoms with E-state index < -0.39 is 35.0 Å². The van der Waals surface area contributed by atoms with E-state index >= 15 is 0 Å². The molecule has 0 aliphatic rings. The van der Waals surface area contributed by atoms with Gasteiger partial charge >= 0.3 is 0 Å². The summed E-state index contributed by atoms with van der Waals surface area (Å²) in [6.07, 6.45) is 0. The Morgan fingerprint density at radius 2 is 1.78 bits per heavy atom. The van der Waals surface area contributed by atoms with Gasteiger partial charge in [-0.05, 0) is 12.1 Å². The highest BCUT2D eigenvalue weighted by Crippen LogP contribution is 2.29. The van der Waals surface area contributed by atoms with Crippen LogP contribution in [0.4, 0.5) is 17.6 Å². The number of hydrogen-bond acceptors (Lipinski definition) is 2. The molecule has 0 aliphatic carbocycles.